The van der Waals surface area contributed by atoms with Gasteiger partial charge in [0, 0.05) is 19.5 Å². The number of carbonyl (C=O) groups is 2. The number of hydrogen-bond acceptors (Lipinski definition) is 4. The van der Waals surface area contributed by atoms with Crippen LogP contribution in [-0.4, -0.2) is 35.6 Å². The maximum absolute atomic E-state index is 12.4. The molecule has 1 aromatic heterocycles. The molecule has 1 N–H and O–H groups in total. The van der Waals surface area contributed by atoms with E-state index in [1.807, 2.05) is 31.1 Å². The van der Waals surface area contributed by atoms with Gasteiger partial charge in [-0.25, -0.2) is 4.79 Å². The van der Waals surface area contributed by atoms with Gasteiger partial charge in [-0.3, -0.25) is 4.79 Å². The van der Waals surface area contributed by atoms with E-state index in [0.29, 0.717) is 13.0 Å². The van der Waals surface area contributed by atoms with Crippen molar-refractivity contribution in [1.29, 1.82) is 0 Å². The van der Waals surface area contributed by atoms with E-state index < -0.39 is 11.7 Å². The maximum Gasteiger partial charge on any atom is 0.407 e. The van der Waals surface area contributed by atoms with Crippen molar-refractivity contribution in [1.82, 2.24) is 10.2 Å². The molecule has 6 heteroatoms. The van der Waals surface area contributed by atoms with Crippen molar-refractivity contribution in [2.24, 2.45) is 0 Å². The van der Waals surface area contributed by atoms with Crippen molar-refractivity contribution >= 4 is 23.3 Å². The first-order chi connectivity index (χ1) is 10.4. The molecule has 0 aromatic carbocycles. The first-order valence-electron chi connectivity index (χ1n) is 7.65. The topological polar surface area (TPSA) is 58.6 Å². The Morgan fingerprint density at radius 1 is 1.45 bits per heavy atom. The number of hydrogen-bond donors (Lipinski definition) is 1. The molecule has 1 fully saturated rings. The predicted octanol–water partition coefficient (Wildman–Crippen LogP) is 3.33. The van der Waals surface area contributed by atoms with Crippen LogP contribution in [0.1, 0.15) is 51.6 Å². The highest BCUT2D eigenvalue weighted by Crippen LogP contribution is 2.33. The van der Waals surface area contributed by atoms with Crippen LogP contribution in [0.5, 0.6) is 0 Å². The van der Waals surface area contributed by atoms with Crippen LogP contribution in [0.25, 0.3) is 0 Å². The lowest BCUT2D eigenvalue weighted by atomic mass is 10.1. The van der Waals surface area contributed by atoms with Crippen LogP contribution in [0.2, 0.25) is 0 Å². The van der Waals surface area contributed by atoms with Crippen LogP contribution in [0.3, 0.4) is 0 Å². The summed E-state index contributed by atoms with van der Waals surface area (Å²) in [6.07, 6.45) is 1.88. The second-order valence-electron chi connectivity index (χ2n) is 6.48. The number of carbonyl (C=O) groups excluding carboxylic acids is 2. The van der Waals surface area contributed by atoms with Crippen LogP contribution in [-0.2, 0) is 9.53 Å². The van der Waals surface area contributed by atoms with Gasteiger partial charge in [-0.1, -0.05) is 0 Å². The van der Waals surface area contributed by atoms with Crippen LogP contribution < -0.4 is 5.32 Å². The second kappa shape index (κ2) is 7.13. The molecule has 0 bridgehead atoms. The SMILES string of the molecule is CC(C)(C)OC(=O)NCCC(=O)N1CCC[C@H]1c1ccsc1. The van der Waals surface area contributed by atoms with Crippen molar-refractivity contribution < 1.29 is 14.3 Å². The Morgan fingerprint density at radius 2 is 2.23 bits per heavy atom. The average molecular weight is 324 g/mol. The molecule has 0 aliphatic carbocycles. The fraction of sp³-hybridized carbons (Fsp3) is 0.625. The standard InChI is InChI=1S/C16H24N2O3S/c1-16(2,3)21-15(20)17-8-6-14(19)18-9-4-5-13(18)12-7-10-22-11-12/h7,10-11,13H,4-6,8-9H2,1-3H3,(H,17,20)/t13-/m0/s1. The fourth-order valence-electron chi connectivity index (χ4n) is 2.61. The van der Waals surface area contributed by atoms with E-state index in [2.05, 4.69) is 16.8 Å². The Balaban J connectivity index is 1.79. The van der Waals surface area contributed by atoms with E-state index in [-0.39, 0.29) is 11.9 Å². The number of nitrogens with zero attached hydrogens (tertiary/aromatic N) is 1. The molecule has 1 aliphatic heterocycles. The molecule has 0 spiro atoms. The van der Waals surface area contributed by atoms with Gasteiger partial charge in [0.05, 0.1) is 6.04 Å². The van der Waals surface area contributed by atoms with Crippen molar-refractivity contribution in [3.8, 4) is 0 Å². The van der Waals surface area contributed by atoms with Gasteiger partial charge in [0.2, 0.25) is 5.91 Å². The van der Waals surface area contributed by atoms with Gasteiger partial charge >= 0.3 is 6.09 Å². The fourth-order valence-corrected chi connectivity index (χ4v) is 3.31. The highest BCUT2D eigenvalue weighted by molar-refractivity contribution is 7.07. The van der Waals surface area contributed by atoms with Gasteiger partial charge in [-0.2, -0.15) is 11.3 Å². The summed E-state index contributed by atoms with van der Waals surface area (Å²) in [5, 5.41) is 6.78. The third-order valence-corrected chi connectivity index (χ3v) is 4.21. The van der Waals surface area contributed by atoms with E-state index in [1.54, 1.807) is 11.3 Å². The summed E-state index contributed by atoms with van der Waals surface area (Å²) in [5.41, 5.74) is 0.698. The molecule has 1 saturated heterocycles. The highest BCUT2D eigenvalue weighted by atomic mass is 32.1. The Kier molecular flexibility index (Phi) is 5.45. The normalized spacial score (nSPS) is 18.3. The van der Waals surface area contributed by atoms with Gasteiger partial charge in [0.15, 0.2) is 0 Å². The zero-order valence-corrected chi connectivity index (χ0v) is 14.2. The Labute approximate surface area is 135 Å². The summed E-state index contributed by atoms with van der Waals surface area (Å²) >= 11 is 1.66. The number of amides is 2. The summed E-state index contributed by atoms with van der Waals surface area (Å²) in [5.74, 6) is 0.0877. The molecular weight excluding hydrogens is 300 g/mol. The number of rotatable bonds is 4. The molecule has 1 aromatic rings. The Morgan fingerprint density at radius 3 is 2.86 bits per heavy atom. The first kappa shape index (κ1) is 16.8. The van der Waals surface area contributed by atoms with E-state index in [1.165, 1.54) is 5.56 Å². The molecule has 1 atom stereocenters. The number of thiophene rings is 1. The van der Waals surface area contributed by atoms with E-state index in [4.69, 9.17) is 4.74 Å². The molecule has 2 amide bonds. The molecule has 1 aliphatic rings. The molecule has 0 radical (unpaired) electrons. The van der Waals surface area contributed by atoms with Crippen LogP contribution in [0.15, 0.2) is 16.8 Å². The van der Waals surface area contributed by atoms with Crippen molar-refractivity contribution in [2.45, 2.75) is 51.7 Å². The van der Waals surface area contributed by atoms with E-state index in [0.717, 1.165) is 19.4 Å². The summed E-state index contributed by atoms with van der Waals surface area (Å²) in [4.78, 5) is 25.8. The zero-order valence-electron chi connectivity index (χ0n) is 13.4. The molecule has 0 saturated carbocycles. The number of ether oxygens (including phenoxy) is 1. The second-order valence-corrected chi connectivity index (χ2v) is 7.26. The van der Waals surface area contributed by atoms with Gasteiger partial charge < -0.3 is 15.0 Å². The van der Waals surface area contributed by atoms with Crippen LogP contribution >= 0.6 is 11.3 Å². The minimum Gasteiger partial charge on any atom is -0.444 e. The quantitative estimate of drug-likeness (QED) is 0.924. The van der Waals surface area contributed by atoms with Gasteiger partial charge in [0.25, 0.3) is 0 Å². The minimum absolute atomic E-state index is 0.0877. The van der Waals surface area contributed by atoms with E-state index in [9.17, 15) is 9.59 Å². The van der Waals surface area contributed by atoms with Crippen LogP contribution in [0.4, 0.5) is 4.79 Å². The molecule has 2 heterocycles. The molecule has 2 rings (SSSR count). The first-order valence-corrected chi connectivity index (χ1v) is 8.59. The summed E-state index contributed by atoms with van der Waals surface area (Å²) < 4.78 is 5.15. The van der Waals surface area contributed by atoms with Crippen molar-refractivity contribution in [3.63, 3.8) is 0 Å². The summed E-state index contributed by atoms with van der Waals surface area (Å²) in [7, 11) is 0. The number of alkyl carbamates (subject to hydrolysis) is 1. The number of likely N-dealkylation sites (tertiary alicyclic amines) is 1. The third kappa shape index (κ3) is 4.73. The Bertz CT molecular complexity index is 508. The largest absolute Gasteiger partial charge is 0.444 e. The molecular formula is C16H24N2O3S. The smallest absolute Gasteiger partial charge is 0.407 e. The van der Waals surface area contributed by atoms with Crippen LogP contribution in [0, 0.1) is 0 Å². The number of nitrogens with one attached hydrogen (secondary N) is 1. The predicted molar refractivity (Wildman–Crippen MR) is 86.9 cm³/mol. The maximum atomic E-state index is 12.4. The van der Waals surface area contributed by atoms with E-state index >= 15 is 0 Å². The van der Waals surface area contributed by atoms with Gasteiger partial charge in [0.1, 0.15) is 5.60 Å². The van der Waals surface area contributed by atoms with Gasteiger partial charge in [-0.05, 0) is 56.0 Å². The monoisotopic (exact) mass is 324 g/mol. The lowest BCUT2D eigenvalue weighted by Gasteiger charge is -2.24. The Hall–Kier alpha value is -1.56. The molecule has 122 valence electrons. The summed E-state index contributed by atoms with van der Waals surface area (Å²) in [6.45, 7) is 6.54. The molecule has 0 unspecified atom stereocenters. The van der Waals surface area contributed by atoms with Gasteiger partial charge in [-0.15, -0.1) is 0 Å². The van der Waals surface area contributed by atoms with Crippen molar-refractivity contribution in [3.05, 3.63) is 22.4 Å². The third-order valence-electron chi connectivity index (χ3n) is 3.51. The molecule has 5 nitrogen and oxygen atoms in total. The lowest BCUT2D eigenvalue weighted by molar-refractivity contribution is -0.132. The lowest BCUT2D eigenvalue weighted by Crippen LogP contribution is -2.36. The minimum atomic E-state index is -0.521. The average Bonchev–Trinajstić information content (AvgIpc) is 3.07. The zero-order chi connectivity index (χ0) is 16.2. The highest BCUT2D eigenvalue weighted by Gasteiger charge is 2.29. The summed E-state index contributed by atoms with van der Waals surface area (Å²) in [6, 6.07) is 2.28. The van der Waals surface area contributed by atoms with Crippen molar-refractivity contribution in [2.75, 3.05) is 13.1 Å². The molecule has 22 heavy (non-hydrogen) atoms.